The normalized spacial score (nSPS) is 10.8. The number of rotatable bonds is 7. The molecule has 21 heavy (non-hydrogen) atoms. The fourth-order valence-electron chi connectivity index (χ4n) is 1.99. The fourth-order valence-corrected chi connectivity index (χ4v) is 3.08. The lowest BCUT2D eigenvalue weighted by Crippen LogP contribution is -2.02. The summed E-state index contributed by atoms with van der Waals surface area (Å²) in [5, 5.41) is 11.9. The molecule has 0 spiro atoms. The van der Waals surface area contributed by atoms with E-state index in [9.17, 15) is 10.1 Å². The number of nitro benzene ring substituents is 1. The van der Waals surface area contributed by atoms with Gasteiger partial charge in [-0.05, 0) is 13.0 Å². The van der Waals surface area contributed by atoms with Gasteiger partial charge in [0.2, 0.25) is 0 Å². The lowest BCUT2D eigenvalue weighted by atomic mass is 10.1. The summed E-state index contributed by atoms with van der Waals surface area (Å²) >= 11 is 1.59. The molecule has 0 unspecified atom stereocenters. The van der Waals surface area contributed by atoms with Gasteiger partial charge in [-0.25, -0.2) is 4.98 Å². The number of hydrogen-bond acceptors (Lipinski definition) is 6. The molecule has 6 nitrogen and oxygen atoms in total. The Morgan fingerprint density at radius 2 is 2.24 bits per heavy atom. The molecule has 2 N–H and O–H groups in total. The van der Waals surface area contributed by atoms with Crippen LogP contribution in [0.4, 0.5) is 5.69 Å². The number of hydrogen-bond donors (Lipinski definition) is 1. The molecule has 112 valence electrons. The number of thiazole rings is 1. The van der Waals surface area contributed by atoms with Gasteiger partial charge < -0.3 is 10.5 Å². The van der Waals surface area contributed by atoms with E-state index < -0.39 is 4.92 Å². The van der Waals surface area contributed by atoms with E-state index in [0.717, 1.165) is 27.6 Å². The zero-order valence-corrected chi connectivity index (χ0v) is 12.6. The average molecular weight is 307 g/mol. The minimum absolute atomic E-state index is 0.0673. The van der Waals surface area contributed by atoms with Crippen LogP contribution in [0.15, 0.2) is 24.3 Å². The number of non-ortho nitro benzene ring substituents is 1. The maximum Gasteiger partial charge on any atom is 0.270 e. The van der Waals surface area contributed by atoms with Crippen molar-refractivity contribution in [3.8, 4) is 11.3 Å². The van der Waals surface area contributed by atoms with Gasteiger partial charge in [0.1, 0.15) is 0 Å². The van der Waals surface area contributed by atoms with Crippen molar-refractivity contribution in [1.29, 1.82) is 0 Å². The van der Waals surface area contributed by atoms with Gasteiger partial charge in [-0.2, -0.15) is 0 Å². The number of nitrogens with two attached hydrogens (primary N) is 1. The molecular weight excluding hydrogens is 290 g/mol. The maximum atomic E-state index is 10.9. The number of methoxy groups -OCH3 is 1. The van der Waals surface area contributed by atoms with Crippen molar-refractivity contribution in [2.75, 3.05) is 20.3 Å². The Bertz CT molecular complexity index is 628. The number of aromatic nitrogens is 1. The van der Waals surface area contributed by atoms with Crippen LogP contribution in [0.1, 0.15) is 9.88 Å². The summed E-state index contributed by atoms with van der Waals surface area (Å²) in [4.78, 5) is 16.2. The minimum atomic E-state index is -0.399. The minimum Gasteiger partial charge on any atom is -0.384 e. The van der Waals surface area contributed by atoms with Gasteiger partial charge in [0.25, 0.3) is 5.69 Å². The van der Waals surface area contributed by atoms with Gasteiger partial charge in [-0.1, -0.05) is 12.1 Å². The maximum absolute atomic E-state index is 10.9. The molecule has 0 radical (unpaired) electrons. The molecule has 1 aromatic heterocycles. The van der Waals surface area contributed by atoms with Crippen molar-refractivity contribution in [3.05, 3.63) is 44.3 Å². The lowest BCUT2D eigenvalue weighted by Gasteiger charge is -2.01. The summed E-state index contributed by atoms with van der Waals surface area (Å²) in [7, 11) is 1.65. The molecule has 1 heterocycles. The molecule has 7 heteroatoms. The summed E-state index contributed by atoms with van der Waals surface area (Å²) in [6, 6.07) is 6.54. The predicted octanol–water partition coefficient (Wildman–Crippen LogP) is 2.41. The number of benzene rings is 1. The molecule has 0 aliphatic rings. The molecule has 0 saturated carbocycles. The fraction of sp³-hybridized carbons (Fsp3) is 0.357. The lowest BCUT2D eigenvalue weighted by molar-refractivity contribution is -0.384. The van der Waals surface area contributed by atoms with Crippen molar-refractivity contribution in [2.24, 2.45) is 5.73 Å². The first-order chi connectivity index (χ1) is 10.2. The zero-order chi connectivity index (χ0) is 15.2. The van der Waals surface area contributed by atoms with E-state index in [1.165, 1.54) is 6.07 Å². The number of ether oxygens (including phenoxy) is 1. The van der Waals surface area contributed by atoms with Crippen LogP contribution < -0.4 is 5.73 Å². The highest BCUT2D eigenvalue weighted by Crippen LogP contribution is 2.30. The Labute approximate surface area is 126 Å². The Hall–Kier alpha value is -1.83. The summed E-state index contributed by atoms with van der Waals surface area (Å²) in [6.45, 7) is 1.12. The standard InChI is InChI=1S/C14H17N3O3S/c1-20-8-6-13-16-14(12(21-13)5-7-15)10-3-2-4-11(9-10)17(18)19/h2-4,9H,5-8,15H2,1H3. The monoisotopic (exact) mass is 307 g/mol. The van der Waals surface area contributed by atoms with Crippen LogP contribution in [0.3, 0.4) is 0 Å². The molecule has 0 amide bonds. The summed E-state index contributed by atoms with van der Waals surface area (Å²) in [6.07, 6.45) is 1.44. The molecule has 0 fully saturated rings. The Kier molecular flexibility index (Phi) is 5.38. The predicted molar refractivity (Wildman–Crippen MR) is 82.5 cm³/mol. The van der Waals surface area contributed by atoms with Gasteiger partial charge in [0, 0.05) is 36.1 Å². The summed E-state index contributed by atoms with van der Waals surface area (Å²) in [5.41, 5.74) is 7.26. The zero-order valence-electron chi connectivity index (χ0n) is 11.7. The Morgan fingerprint density at radius 1 is 1.43 bits per heavy atom. The third-order valence-electron chi connectivity index (χ3n) is 2.96. The van der Waals surface area contributed by atoms with E-state index in [4.69, 9.17) is 10.5 Å². The molecule has 0 aliphatic heterocycles. The highest BCUT2D eigenvalue weighted by Gasteiger charge is 2.15. The average Bonchev–Trinajstić information content (AvgIpc) is 2.88. The van der Waals surface area contributed by atoms with Crippen molar-refractivity contribution in [2.45, 2.75) is 12.8 Å². The van der Waals surface area contributed by atoms with Crippen molar-refractivity contribution >= 4 is 17.0 Å². The van der Waals surface area contributed by atoms with Gasteiger partial charge in [0.15, 0.2) is 0 Å². The second-order valence-electron chi connectivity index (χ2n) is 4.47. The molecular formula is C14H17N3O3S. The largest absolute Gasteiger partial charge is 0.384 e. The van der Waals surface area contributed by atoms with Crippen LogP contribution in [-0.2, 0) is 17.6 Å². The SMILES string of the molecule is COCCc1nc(-c2cccc([N+](=O)[O-])c2)c(CCN)s1. The second-order valence-corrected chi connectivity index (χ2v) is 5.64. The van der Waals surface area contributed by atoms with E-state index in [1.807, 2.05) is 6.07 Å². The van der Waals surface area contributed by atoms with Gasteiger partial charge >= 0.3 is 0 Å². The molecule has 0 bridgehead atoms. The summed E-state index contributed by atoms with van der Waals surface area (Å²) in [5.74, 6) is 0. The first-order valence-corrected chi connectivity index (χ1v) is 7.39. The van der Waals surface area contributed by atoms with Crippen LogP contribution in [-0.4, -0.2) is 30.2 Å². The third-order valence-corrected chi connectivity index (χ3v) is 4.14. The second kappa shape index (κ2) is 7.26. The van der Waals surface area contributed by atoms with Crippen LogP contribution in [0, 0.1) is 10.1 Å². The molecule has 0 atom stereocenters. The first-order valence-electron chi connectivity index (χ1n) is 6.58. The molecule has 2 aromatic rings. The smallest absolute Gasteiger partial charge is 0.270 e. The van der Waals surface area contributed by atoms with E-state index >= 15 is 0 Å². The van der Waals surface area contributed by atoms with Crippen LogP contribution in [0.2, 0.25) is 0 Å². The topological polar surface area (TPSA) is 91.3 Å². The highest BCUT2D eigenvalue weighted by molar-refractivity contribution is 7.12. The van der Waals surface area contributed by atoms with Gasteiger partial charge in [-0.15, -0.1) is 11.3 Å². The van der Waals surface area contributed by atoms with E-state index in [2.05, 4.69) is 4.98 Å². The van der Waals surface area contributed by atoms with Crippen molar-refractivity contribution in [1.82, 2.24) is 4.98 Å². The Morgan fingerprint density at radius 3 is 2.90 bits per heavy atom. The Balaban J connectivity index is 2.38. The highest BCUT2D eigenvalue weighted by atomic mass is 32.1. The molecule has 1 aromatic carbocycles. The van der Waals surface area contributed by atoms with E-state index in [1.54, 1.807) is 30.6 Å². The quantitative estimate of drug-likeness (QED) is 0.626. The molecule has 0 saturated heterocycles. The molecule has 2 rings (SSSR count). The number of nitrogens with zero attached hydrogens (tertiary/aromatic N) is 2. The van der Waals surface area contributed by atoms with Crippen LogP contribution in [0.25, 0.3) is 11.3 Å². The number of nitro groups is 1. The summed E-state index contributed by atoms with van der Waals surface area (Å²) < 4.78 is 5.06. The van der Waals surface area contributed by atoms with Crippen LogP contribution >= 0.6 is 11.3 Å². The van der Waals surface area contributed by atoms with Crippen molar-refractivity contribution < 1.29 is 9.66 Å². The molecule has 0 aliphatic carbocycles. The van der Waals surface area contributed by atoms with Crippen molar-refractivity contribution in [3.63, 3.8) is 0 Å². The van der Waals surface area contributed by atoms with Gasteiger partial charge in [0.05, 0.1) is 22.2 Å². The third kappa shape index (κ3) is 3.84. The van der Waals surface area contributed by atoms with Gasteiger partial charge in [-0.3, -0.25) is 10.1 Å². The van der Waals surface area contributed by atoms with E-state index in [0.29, 0.717) is 19.6 Å². The van der Waals surface area contributed by atoms with Crippen LogP contribution in [0.5, 0.6) is 0 Å². The first kappa shape index (κ1) is 15.6. The van der Waals surface area contributed by atoms with E-state index in [-0.39, 0.29) is 5.69 Å².